The Labute approximate surface area is 164 Å². The van der Waals surface area contributed by atoms with Gasteiger partial charge >= 0.3 is 0 Å². The van der Waals surface area contributed by atoms with Crippen molar-refractivity contribution in [2.75, 3.05) is 0 Å². The van der Waals surface area contributed by atoms with Crippen LogP contribution in [0.3, 0.4) is 0 Å². The van der Waals surface area contributed by atoms with E-state index in [4.69, 9.17) is 8.83 Å². The lowest BCUT2D eigenvalue weighted by Crippen LogP contribution is -2.30. The van der Waals surface area contributed by atoms with Crippen LogP contribution in [-0.2, 0) is 13.1 Å². The molecule has 4 heteroatoms. The van der Waals surface area contributed by atoms with E-state index < -0.39 is 0 Å². The molecule has 0 aliphatic heterocycles. The van der Waals surface area contributed by atoms with Gasteiger partial charge in [-0.3, -0.25) is 4.79 Å². The van der Waals surface area contributed by atoms with E-state index in [1.54, 1.807) is 11.2 Å². The topological polar surface area (TPSA) is 46.6 Å². The van der Waals surface area contributed by atoms with Gasteiger partial charge < -0.3 is 13.7 Å². The standard InChI is InChI=1S/C24H23NO3/c1-16-11-12-21-18(3)23(28-22(21)17(16)2)24(26)25(15-20-10-7-13-27-20)14-19-8-5-4-6-9-19/h4-13H,14-15H2,1-3H3. The summed E-state index contributed by atoms with van der Waals surface area (Å²) in [6.07, 6.45) is 1.62. The first kappa shape index (κ1) is 18.1. The Balaban J connectivity index is 1.73. The van der Waals surface area contributed by atoms with Crippen molar-refractivity contribution in [1.29, 1.82) is 0 Å². The van der Waals surface area contributed by atoms with Crippen LogP contribution in [-0.4, -0.2) is 10.8 Å². The van der Waals surface area contributed by atoms with Gasteiger partial charge in [0.25, 0.3) is 5.91 Å². The first-order chi connectivity index (χ1) is 13.5. The molecule has 2 heterocycles. The van der Waals surface area contributed by atoms with Crippen molar-refractivity contribution >= 4 is 16.9 Å². The van der Waals surface area contributed by atoms with Gasteiger partial charge in [-0.2, -0.15) is 0 Å². The van der Waals surface area contributed by atoms with Gasteiger partial charge in [0.05, 0.1) is 12.8 Å². The molecule has 0 spiro atoms. The number of rotatable bonds is 5. The molecule has 0 fully saturated rings. The molecular weight excluding hydrogens is 350 g/mol. The minimum Gasteiger partial charge on any atom is -0.467 e. The summed E-state index contributed by atoms with van der Waals surface area (Å²) in [6, 6.07) is 17.8. The monoisotopic (exact) mass is 373 g/mol. The Morgan fingerprint density at radius 1 is 0.893 bits per heavy atom. The van der Waals surface area contributed by atoms with E-state index in [9.17, 15) is 4.79 Å². The Hall–Kier alpha value is -3.27. The molecule has 4 aromatic rings. The third kappa shape index (κ3) is 3.33. The zero-order valence-electron chi connectivity index (χ0n) is 16.4. The van der Waals surface area contributed by atoms with Gasteiger partial charge in [0, 0.05) is 17.5 Å². The summed E-state index contributed by atoms with van der Waals surface area (Å²) in [5, 5.41) is 0.990. The summed E-state index contributed by atoms with van der Waals surface area (Å²) in [4.78, 5) is 15.2. The summed E-state index contributed by atoms with van der Waals surface area (Å²) < 4.78 is 11.6. The molecule has 0 unspecified atom stereocenters. The van der Waals surface area contributed by atoms with Gasteiger partial charge in [-0.05, 0) is 49.6 Å². The number of carbonyl (C=O) groups excluding carboxylic acids is 1. The molecule has 0 aliphatic rings. The molecule has 4 nitrogen and oxygen atoms in total. The molecule has 1 amide bonds. The molecule has 142 valence electrons. The largest absolute Gasteiger partial charge is 0.467 e. The third-order valence-corrected chi connectivity index (χ3v) is 5.25. The number of aryl methyl sites for hydroxylation is 3. The first-order valence-electron chi connectivity index (χ1n) is 9.39. The maximum absolute atomic E-state index is 13.5. The highest BCUT2D eigenvalue weighted by Gasteiger charge is 2.25. The van der Waals surface area contributed by atoms with Gasteiger partial charge in [-0.15, -0.1) is 0 Å². The van der Waals surface area contributed by atoms with Crippen molar-refractivity contribution in [3.05, 3.63) is 94.6 Å². The molecule has 0 atom stereocenters. The van der Waals surface area contributed by atoms with E-state index in [1.165, 1.54) is 0 Å². The highest BCUT2D eigenvalue weighted by atomic mass is 16.3. The third-order valence-electron chi connectivity index (χ3n) is 5.25. The van der Waals surface area contributed by atoms with Crippen LogP contribution >= 0.6 is 0 Å². The molecule has 4 rings (SSSR count). The van der Waals surface area contributed by atoms with Gasteiger partial charge in [-0.1, -0.05) is 42.5 Å². The molecule has 2 aromatic heterocycles. The van der Waals surface area contributed by atoms with Crippen molar-refractivity contribution in [3.63, 3.8) is 0 Å². The molecule has 0 bridgehead atoms. The van der Waals surface area contributed by atoms with Crippen LogP contribution in [0, 0.1) is 20.8 Å². The molecule has 0 N–H and O–H groups in total. The lowest BCUT2D eigenvalue weighted by atomic mass is 10.0. The van der Waals surface area contributed by atoms with Crippen LogP contribution in [0.15, 0.2) is 69.7 Å². The highest BCUT2D eigenvalue weighted by Crippen LogP contribution is 2.30. The summed E-state index contributed by atoms with van der Waals surface area (Å²) >= 11 is 0. The van der Waals surface area contributed by atoms with E-state index in [0.29, 0.717) is 18.8 Å². The van der Waals surface area contributed by atoms with Gasteiger partial charge in [0.2, 0.25) is 0 Å². The maximum Gasteiger partial charge on any atom is 0.290 e. The predicted molar refractivity (Wildman–Crippen MR) is 109 cm³/mol. The van der Waals surface area contributed by atoms with Gasteiger partial charge in [0.1, 0.15) is 11.3 Å². The van der Waals surface area contributed by atoms with Crippen molar-refractivity contribution < 1.29 is 13.6 Å². The second kappa shape index (κ2) is 7.39. The van der Waals surface area contributed by atoms with Crippen LogP contribution in [0.1, 0.15) is 38.6 Å². The SMILES string of the molecule is Cc1ccc2c(C)c(C(=O)N(Cc3ccccc3)Cc3ccco3)oc2c1C. The van der Waals surface area contributed by atoms with E-state index in [2.05, 4.69) is 6.07 Å². The average Bonchev–Trinajstić information content (AvgIpc) is 3.33. The molecular formula is C24H23NO3. The van der Waals surface area contributed by atoms with E-state index >= 15 is 0 Å². The van der Waals surface area contributed by atoms with Crippen molar-refractivity contribution in [2.45, 2.75) is 33.9 Å². The van der Waals surface area contributed by atoms with Crippen molar-refractivity contribution in [3.8, 4) is 0 Å². The Morgan fingerprint density at radius 3 is 2.39 bits per heavy atom. The number of carbonyl (C=O) groups is 1. The van der Waals surface area contributed by atoms with Crippen LogP contribution < -0.4 is 0 Å². The number of hydrogen-bond donors (Lipinski definition) is 0. The zero-order valence-corrected chi connectivity index (χ0v) is 16.4. The number of nitrogens with zero attached hydrogens (tertiary/aromatic N) is 1. The Bertz CT molecular complexity index is 1110. The van der Waals surface area contributed by atoms with Crippen LogP contribution in [0.4, 0.5) is 0 Å². The number of fused-ring (bicyclic) bond motifs is 1. The fraction of sp³-hybridized carbons (Fsp3) is 0.208. The second-order valence-corrected chi connectivity index (χ2v) is 7.17. The molecule has 0 saturated heterocycles. The molecule has 2 aromatic carbocycles. The number of benzene rings is 2. The maximum atomic E-state index is 13.5. The number of furan rings is 2. The second-order valence-electron chi connectivity index (χ2n) is 7.17. The van der Waals surface area contributed by atoms with E-state index in [-0.39, 0.29) is 5.91 Å². The first-order valence-corrected chi connectivity index (χ1v) is 9.39. The van der Waals surface area contributed by atoms with Crippen LogP contribution in [0.5, 0.6) is 0 Å². The molecule has 0 saturated carbocycles. The fourth-order valence-corrected chi connectivity index (χ4v) is 3.46. The quantitative estimate of drug-likeness (QED) is 0.444. The summed E-state index contributed by atoms with van der Waals surface area (Å²) in [5.41, 5.74) is 4.94. The average molecular weight is 373 g/mol. The Morgan fingerprint density at radius 2 is 1.68 bits per heavy atom. The van der Waals surface area contributed by atoms with E-state index in [0.717, 1.165) is 39.0 Å². The molecule has 28 heavy (non-hydrogen) atoms. The van der Waals surface area contributed by atoms with Gasteiger partial charge in [-0.25, -0.2) is 0 Å². The van der Waals surface area contributed by atoms with Crippen LogP contribution in [0.25, 0.3) is 11.0 Å². The number of amides is 1. The van der Waals surface area contributed by atoms with Crippen molar-refractivity contribution in [2.24, 2.45) is 0 Å². The smallest absolute Gasteiger partial charge is 0.290 e. The van der Waals surface area contributed by atoms with Crippen molar-refractivity contribution in [1.82, 2.24) is 4.90 Å². The highest BCUT2D eigenvalue weighted by molar-refractivity contribution is 5.99. The van der Waals surface area contributed by atoms with E-state index in [1.807, 2.05) is 69.3 Å². The lowest BCUT2D eigenvalue weighted by molar-refractivity contribution is 0.0686. The fourth-order valence-electron chi connectivity index (χ4n) is 3.46. The van der Waals surface area contributed by atoms with Gasteiger partial charge in [0.15, 0.2) is 5.76 Å². The lowest BCUT2D eigenvalue weighted by Gasteiger charge is -2.21. The molecule has 0 aliphatic carbocycles. The summed E-state index contributed by atoms with van der Waals surface area (Å²) in [5.74, 6) is 1.00. The van der Waals surface area contributed by atoms with Crippen LogP contribution in [0.2, 0.25) is 0 Å². The normalized spacial score (nSPS) is 11.1. The molecule has 0 radical (unpaired) electrons. The Kier molecular flexibility index (Phi) is 4.78. The zero-order chi connectivity index (χ0) is 19.7. The number of hydrogen-bond acceptors (Lipinski definition) is 3. The predicted octanol–water partition coefficient (Wildman–Crippen LogP) is 5.79. The summed E-state index contributed by atoms with van der Waals surface area (Å²) in [7, 11) is 0. The summed E-state index contributed by atoms with van der Waals surface area (Å²) in [6.45, 7) is 6.89. The minimum atomic E-state index is -0.133. The minimum absolute atomic E-state index is 0.133.